The van der Waals surface area contributed by atoms with Crippen molar-refractivity contribution in [1.29, 1.82) is 0 Å². The number of nitrogens with zero attached hydrogens (tertiary/aromatic N) is 4. The van der Waals surface area contributed by atoms with Crippen molar-refractivity contribution < 1.29 is 0 Å². The summed E-state index contributed by atoms with van der Waals surface area (Å²) in [5.74, 6) is 0.362. The minimum Gasteiger partial charge on any atom is -0.368 e. The number of pyridine rings is 1. The van der Waals surface area contributed by atoms with Crippen molar-refractivity contribution in [3.8, 4) is 0 Å². The van der Waals surface area contributed by atoms with Crippen LogP contribution in [0.3, 0.4) is 0 Å². The molecular formula is C13H14BrN5. The zero-order chi connectivity index (χ0) is 13.2. The molecule has 0 saturated heterocycles. The van der Waals surface area contributed by atoms with Crippen LogP contribution in [0, 0.1) is 0 Å². The molecule has 1 aliphatic heterocycles. The van der Waals surface area contributed by atoms with Gasteiger partial charge in [0.2, 0.25) is 5.95 Å². The van der Waals surface area contributed by atoms with Gasteiger partial charge in [-0.2, -0.15) is 0 Å². The number of nitrogen functional groups attached to an aromatic ring is 1. The molecule has 98 valence electrons. The lowest BCUT2D eigenvalue weighted by Crippen LogP contribution is -2.31. The normalized spacial score (nSPS) is 15.2. The van der Waals surface area contributed by atoms with Gasteiger partial charge in [-0.3, -0.25) is 4.90 Å². The van der Waals surface area contributed by atoms with Crippen LogP contribution in [0.1, 0.15) is 17.0 Å². The lowest BCUT2D eigenvalue weighted by atomic mass is 10.1. The van der Waals surface area contributed by atoms with Gasteiger partial charge in [0.1, 0.15) is 4.60 Å². The maximum absolute atomic E-state index is 5.61. The Hall–Kier alpha value is -1.53. The van der Waals surface area contributed by atoms with E-state index >= 15 is 0 Å². The van der Waals surface area contributed by atoms with Gasteiger partial charge in [-0.1, -0.05) is 6.07 Å². The van der Waals surface area contributed by atoms with E-state index in [9.17, 15) is 0 Å². The highest BCUT2D eigenvalue weighted by molar-refractivity contribution is 9.10. The number of nitrogens with two attached hydrogens (primary N) is 1. The summed E-state index contributed by atoms with van der Waals surface area (Å²) in [5, 5.41) is 0. The molecule has 5 nitrogen and oxygen atoms in total. The van der Waals surface area contributed by atoms with E-state index in [1.807, 2.05) is 24.4 Å². The number of hydrogen-bond acceptors (Lipinski definition) is 5. The smallest absolute Gasteiger partial charge is 0.220 e. The van der Waals surface area contributed by atoms with E-state index in [0.29, 0.717) is 5.95 Å². The summed E-state index contributed by atoms with van der Waals surface area (Å²) in [6, 6.07) is 5.99. The molecule has 0 radical (unpaired) electrons. The van der Waals surface area contributed by atoms with E-state index in [2.05, 4.69) is 35.8 Å². The van der Waals surface area contributed by atoms with Crippen LogP contribution in [0.5, 0.6) is 0 Å². The molecule has 0 aliphatic carbocycles. The Morgan fingerprint density at radius 1 is 1.32 bits per heavy atom. The van der Waals surface area contributed by atoms with E-state index in [0.717, 1.165) is 47.6 Å². The highest BCUT2D eigenvalue weighted by Crippen LogP contribution is 2.19. The molecule has 0 atom stereocenters. The minimum atomic E-state index is 0.362. The summed E-state index contributed by atoms with van der Waals surface area (Å²) in [5.41, 5.74) is 8.91. The van der Waals surface area contributed by atoms with Crippen LogP contribution >= 0.6 is 15.9 Å². The van der Waals surface area contributed by atoms with Gasteiger partial charge in [-0.25, -0.2) is 15.0 Å². The monoisotopic (exact) mass is 319 g/mol. The number of fused-ring (bicyclic) bond motifs is 1. The Morgan fingerprint density at radius 3 is 3.05 bits per heavy atom. The minimum absolute atomic E-state index is 0.362. The van der Waals surface area contributed by atoms with Crippen molar-refractivity contribution in [2.75, 3.05) is 12.3 Å². The second-order valence-electron chi connectivity index (χ2n) is 4.61. The van der Waals surface area contributed by atoms with E-state index in [1.165, 1.54) is 0 Å². The molecule has 0 unspecified atom stereocenters. The van der Waals surface area contributed by atoms with Crippen LogP contribution in [-0.2, 0) is 19.5 Å². The fourth-order valence-corrected chi connectivity index (χ4v) is 2.67. The first-order valence-corrected chi connectivity index (χ1v) is 6.94. The first-order chi connectivity index (χ1) is 9.20. The number of halogens is 1. The van der Waals surface area contributed by atoms with Crippen molar-refractivity contribution in [2.24, 2.45) is 0 Å². The Labute approximate surface area is 120 Å². The van der Waals surface area contributed by atoms with E-state index in [-0.39, 0.29) is 0 Å². The molecule has 3 heterocycles. The molecule has 0 saturated carbocycles. The molecule has 19 heavy (non-hydrogen) atoms. The van der Waals surface area contributed by atoms with Crippen molar-refractivity contribution in [3.63, 3.8) is 0 Å². The summed E-state index contributed by atoms with van der Waals surface area (Å²) < 4.78 is 0.874. The van der Waals surface area contributed by atoms with Gasteiger partial charge < -0.3 is 5.73 Å². The van der Waals surface area contributed by atoms with Crippen molar-refractivity contribution in [1.82, 2.24) is 19.9 Å². The number of hydrogen-bond donors (Lipinski definition) is 1. The molecule has 3 rings (SSSR count). The molecule has 2 aromatic rings. The third-order valence-electron chi connectivity index (χ3n) is 3.19. The lowest BCUT2D eigenvalue weighted by Gasteiger charge is -2.27. The van der Waals surface area contributed by atoms with Gasteiger partial charge >= 0.3 is 0 Å². The fourth-order valence-electron chi connectivity index (χ4n) is 2.29. The zero-order valence-corrected chi connectivity index (χ0v) is 12.0. The molecule has 0 spiro atoms. The molecule has 0 amide bonds. The molecule has 0 fully saturated rings. The predicted octanol–water partition coefficient (Wildman–Crippen LogP) is 1.77. The van der Waals surface area contributed by atoms with Crippen LogP contribution in [0.25, 0.3) is 0 Å². The average molecular weight is 320 g/mol. The molecule has 6 heteroatoms. The van der Waals surface area contributed by atoms with Crippen LogP contribution in [-0.4, -0.2) is 26.4 Å². The standard InChI is InChI=1S/C13H14BrN5/c14-12-3-1-2-10(17-12)8-19-5-4-11-9(7-19)6-16-13(15)18-11/h1-3,6H,4-5,7-8H2,(H2,15,16,18). The maximum Gasteiger partial charge on any atom is 0.220 e. The largest absolute Gasteiger partial charge is 0.368 e. The van der Waals surface area contributed by atoms with Crippen LogP contribution in [0.15, 0.2) is 29.0 Å². The van der Waals surface area contributed by atoms with Gasteiger partial charge in [0.25, 0.3) is 0 Å². The van der Waals surface area contributed by atoms with Crippen LogP contribution < -0.4 is 5.73 Å². The zero-order valence-electron chi connectivity index (χ0n) is 10.4. The Kier molecular flexibility index (Phi) is 3.44. The first-order valence-electron chi connectivity index (χ1n) is 6.15. The lowest BCUT2D eigenvalue weighted by molar-refractivity contribution is 0.240. The van der Waals surface area contributed by atoms with E-state index < -0.39 is 0 Å². The average Bonchev–Trinajstić information content (AvgIpc) is 2.39. The Bertz CT molecular complexity index is 601. The van der Waals surface area contributed by atoms with Gasteiger partial charge in [-0.15, -0.1) is 0 Å². The third-order valence-corrected chi connectivity index (χ3v) is 3.63. The van der Waals surface area contributed by atoms with Crippen molar-refractivity contribution >= 4 is 21.9 Å². The molecule has 0 bridgehead atoms. The third kappa shape index (κ3) is 2.90. The SMILES string of the molecule is Nc1ncc2c(n1)CCN(Cc1cccc(Br)n1)C2. The quantitative estimate of drug-likeness (QED) is 0.854. The summed E-state index contributed by atoms with van der Waals surface area (Å²) in [6.45, 7) is 2.66. The van der Waals surface area contributed by atoms with Crippen LogP contribution in [0.4, 0.5) is 5.95 Å². The Balaban J connectivity index is 1.74. The number of aromatic nitrogens is 3. The predicted molar refractivity (Wildman–Crippen MR) is 76.2 cm³/mol. The molecule has 0 aromatic carbocycles. The summed E-state index contributed by atoms with van der Waals surface area (Å²) >= 11 is 3.40. The molecule has 2 N–H and O–H groups in total. The van der Waals surface area contributed by atoms with Gasteiger partial charge in [0.05, 0.1) is 11.4 Å². The van der Waals surface area contributed by atoms with Gasteiger partial charge in [0, 0.05) is 37.8 Å². The van der Waals surface area contributed by atoms with Gasteiger partial charge in [-0.05, 0) is 28.1 Å². The van der Waals surface area contributed by atoms with E-state index in [1.54, 1.807) is 0 Å². The molecule has 1 aliphatic rings. The number of rotatable bonds is 2. The summed E-state index contributed by atoms with van der Waals surface area (Å²) in [4.78, 5) is 15.2. The number of anilines is 1. The summed E-state index contributed by atoms with van der Waals surface area (Å²) in [7, 11) is 0. The molecule has 2 aromatic heterocycles. The Morgan fingerprint density at radius 2 is 2.21 bits per heavy atom. The highest BCUT2D eigenvalue weighted by atomic mass is 79.9. The first kappa shape index (κ1) is 12.5. The highest BCUT2D eigenvalue weighted by Gasteiger charge is 2.18. The van der Waals surface area contributed by atoms with Crippen LogP contribution in [0.2, 0.25) is 0 Å². The van der Waals surface area contributed by atoms with Crippen molar-refractivity contribution in [2.45, 2.75) is 19.5 Å². The van der Waals surface area contributed by atoms with Crippen molar-refractivity contribution in [3.05, 3.63) is 46.0 Å². The van der Waals surface area contributed by atoms with E-state index in [4.69, 9.17) is 5.73 Å². The second-order valence-corrected chi connectivity index (χ2v) is 5.42. The fraction of sp³-hybridized carbons (Fsp3) is 0.308. The molecular weight excluding hydrogens is 306 g/mol. The maximum atomic E-state index is 5.61. The van der Waals surface area contributed by atoms with Gasteiger partial charge in [0.15, 0.2) is 0 Å². The summed E-state index contributed by atoms with van der Waals surface area (Å²) in [6.07, 6.45) is 2.74. The topological polar surface area (TPSA) is 67.9 Å². The second kappa shape index (κ2) is 5.22.